The van der Waals surface area contributed by atoms with Gasteiger partial charge in [0.15, 0.2) is 0 Å². The van der Waals surface area contributed by atoms with Gasteiger partial charge in [0.2, 0.25) is 5.95 Å². The largest absolute Gasteiger partial charge is 0.354 e. The maximum atomic E-state index is 8.67. The third-order valence-corrected chi connectivity index (χ3v) is 3.32. The molecule has 2 aromatic rings. The second-order valence-electron chi connectivity index (χ2n) is 3.70. The van der Waals surface area contributed by atoms with E-state index >= 15 is 0 Å². The molecule has 0 aliphatic rings. The van der Waals surface area contributed by atoms with Crippen molar-refractivity contribution in [1.29, 1.82) is 5.26 Å². The van der Waals surface area contributed by atoms with Crippen LogP contribution in [0.15, 0.2) is 41.8 Å². The third kappa shape index (κ3) is 4.56. The molecule has 5 nitrogen and oxygen atoms in total. The highest BCUT2D eigenvalue weighted by Crippen LogP contribution is 2.15. The Balaban J connectivity index is 1.65. The van der Waals surface area contributed by atoms with E-state index in [-0.39, 0.29) is 0 Å². The van der Waals surface area contributed by atoms with Gasteiger partial charge in [0, 0.05) is 30.9 Å². The molecular formula is C13H13N5S. The number of pyridine rings is 1. The third-order valence-electron chi connectivity index (χ3n) is 2.29. The summed E-state index contributed by atoms with van der Waals surface area (Å²) in [5.74, 6) is 1.61. The normalized spacial score (nSPS) is 9.84. The molecule has 2 aromatic heterocycles. The minimum atomic E-state index is 0.590. The van der Waals surface area contributed by atoms with Crippen molar-refractivity contribution in [3.05, 3.63) is 42.4 Å². The lowest BCUT2D eigenvalue weighted by Gasteiger charge is -2.03. The first-order chi connectivity index (χ1) is 9.38. The predicted molar refractivity (Wildman–Crippen MR) is 74.8 cm³/mol. The Morgan fingerprint density at radius 1 is 1.21 bits per heavy atom. The Bertz CT molecular complexity index is 535. The van der Waals surface area contributed by atoms with Crippen LogP contribution in [0.1, 0.15) is 12.0 Å². The average molecular weight is 271 g/mol. The van der Waals surface area contributed by atoms with Crippen LogP contribution >= 0.6 is 11.8 Å². The molecule has 0 radical (unpaired) electrons. The smallest absolute Gasteiger partial charge is 0.222 e. The number of aromatic nitrogens is 3. The molecule has 0 saturated heterocycles. The molecule has 0 amide bonds. The lowest BCUT2D eigenvalue weighted by Crippen LogP contribution is -2.05. The van der Waals surface area contributed by atoms with Crippen LogP contribution in [-0.2, 0) is 0 Å². The summed E-state index contributed by atoms with van der Waals surface area (Å²) in [7, 11) is 0. The predicted octanol–water partition coefficient (Wildman–Crippen LogP) is 2.34. The highest BCUT2D eigenvalue weighted by Gasteiger charge is 1.97. The topological polar surface area (TPSA) is 74.5 Å². The van der Waals surface area contributed by atoms with Crippen LogP contribution in [-0.4, -0.2) is 27.2 Å². The summed E-state index contributed by atoms with van der Waals surface area (Å²) in [5, 5.41) is 12.8. The van der Waals surface area contributed by atoms with Crippen molar-refractivity contribution in [1.82, 2.24) is 15.0 Å². The summed E-state index contributed by atoms with van der Waals surface area (Å²) in [5.41, 5.74) is 0.590. The molecule has 96 valence electrons. The molecule has 0 bridgehead atoms. The molecule has 6 heteroatoms. The van der Waals surface area contributed by atoms with Crippen molar-refractivity contribution in [2.45, 2.75) is 11.4 Å². The summed E-state index contributed by atoms with van der Waals surface area (Å²) in [4.78, 5) is 12.4. The first kappa shape index (κ1) is 13.3. The zero-order chi connectivity index (χ0) is 13.3. The van der Waals surface area contributed by atoms with Gasteiger partial charge in [0.05, 0.1) is 10.6 Å². The Morgan fingerprint density at radius 3 is 2.74 bits per heavy atom. The monoisotopic (exact) mass is 271 g/mol. The summed E-state index contributed by atoms with van der Waals surface area (Å²) in [6.07, 6.45) is 6.01. The van der Waals surface area contributed by atoms with Gasteiger partial charge >= 0.3 is 0 Å². The van der Waals surface area contributed by atoms with Crippen molar-refractivity contribution in [3.63, 3.8) is 0 Å². The quantitative estimate of drug-likeness (QED) is 0.642. The van der Waals surface area contributed by atoms with E-state index in [9.17, 15) is 0 Å². The minimum Gasteiger partial charge on any atom is -0.354 e. The second-order valence-corrected chi connectivity index (χ2v) is 4.81. The van der Waals surface area contributed by atoms with Crippen LogP contribution in [0.2, 0.25) is 0 Å². The Morgan fingerprint density at radius 2 is 2.05 bits per heavy atom. The number of hydrogen-bond acceptors (Lipinski definition) is 6. The molecule has 2 heterocycles. The molecule has 1 N–H and O–H groups in total. The molecule has 2 rings (SSSR count). The summed E-state index contributed by atoms with van der Waals surface area (Å²) in [6, 6.07) is 7.50. The van der Waals surface area contributed by atoms with Crippen LogP contribution in [0.5, 0.6) is 0 Å². The van der Waals surface area contributed by atoms with Gasteiger partial charge < -0.3 is 5.32 Å². The molecule has 19 heavy (non-hydrogen) atoms. The minimum absolute atomic E-state index is 0.590. The number of nitriles is 1. The number of anilines is 1. The fourth-order valence-corrected chi connectivity index (χ4v) is 2.16. The van der Waals surface area contributed by atoms with Crippen molar-refractivity contribution in [2.75, 3.05) is 17.6 Å². The van der Waals surface area contributed by atoms with Crippen LogP contribution in [0, 0.1) is 11.3 Å². The highest BCUT2D eigenvalue weighted by molar-refractivity contribution is 7.99. The van der Waals surface area contributed by atoms with Crippen molar-refractivity contribution < 1.29 is 0 Å². The average Bonchev–Trinajstić information content (AvgIpc) is 2.49. The molecule has 0 spiro atoms. The number of rotatable bonds is 6. The number of nitrogens with one attached hydrogen (secondary N) is 1. The van der Waals surface area contributed by atoms with Gasteiger partial charge in [0.25, 0.3) is 0 Å². The number of nitrogens with zero attached hydrogens (tertiary/aromatic N) is 4. The van der Waals surface area contributed by atoms with E-state index in [0.717, 1.165) is 23.7 Å². The van der Waals surface area contributed by atoms with Gasteiger partial charge in [-0.3, -0.25) is 0 Å². The summed E-state index contributed by atoms with van der Waals surface area (Å²) >= 11 is 1.67. The van der Waals surface area contributed by atoms with Crippen molar-refractivity contribution in [2.24, 2.45) is 0 Å². The zero-order valence-electron chi connectivity index (χ0n) is 10.3. The first-order valence-electron chi connectivity index (χ1n) is 5.88. The molecule has 0 unspecified atom stereocenters. The van der Waals surface area contributed by atoms with Crippen molar-refractivity contribution in [3.8, 4) is 6.07 Å². The van der Waals surface area contributed by atoms with E-state index in [1.165, 1.54) is 0 Å². The molecular weight excluding hydrogens is 258 g/mol. The van der Waals surface area contributed by atoms with Gasteiger partial charge in [-0.2, -0.15) is 5.26 Å². The van der Waals surface area contributed by atoms with Gasteiger partial charge in [-0.05, 0) is 24.6 Å². The maximum Gasteiger partial charge on any atom is 0.222 e. The number of thioether (sulfide) groups is 1. The van der Waals surface area contributed by atoms with E-state index in [0.29, 0.717) is 11.5 Å². The van der Waals surface area contributed by atoms with E-state index in [4.69, 9.17) is 5.26 Å². The van der Waals surface area contributed by atoms with Crippen molar-refractivity contribution >= 4 is 17.7 Å². The SMILES string of the molecule is N#Cc1ccc(SCCCNc2ncccn2)nc1. The van der Waals surface area contributed by atoms with Crippen LogP contribution < -0.4 is 5.32 Å². The van der Waals surface area contributed by atoms with Gasteiger partial charge in [-0.1, -0.05) is 0 Å². The van der Waals surface area contributed by atoms with E-state index in [2.05, 4.69) is 26.3 Å². The van der Waals surface area contributed by atoms with E-state index < -0.39 is 0 Å². The van der Waals surface area contributed by atoms with Crippen LogP contribution in [0.25, 0.3) is 0 Å². The molecule has 0 aromatic carbocycles. The molecule has 0 aliphatic carbocycles. The fourth-order valence-electron chi connectivity index (χ4n) is 1.37. The molecule has 0 fully saturated rings. The van der Waals surface area contributed by atoms with Gasteiger partial charge in [-0.15, -0.1) is 11.8 Å². The summed E-state index contributed by atoms with van der Waals surface area (Å²) in [6.45, 7) is 0.827. The highest BCUT2D eigenvalue weighted by atomic mass is 32.2. The maximum absolute atomic E-state index is 8.67. The second kappa shape index (κ2) is 7.34. The van der Waals surface area contributed by atoms with E-state index in [1.807, 2.05) is 6.07 Å². The summed E-state index contributed by atoms with van der Waals surface area (Å²) < 4.78 is 0. The Kier molecular flexibility index (Phi) is 5.14. The molecule has 0 saturated carbocycles. The molecule has 0 atom stereocenters. The lowest BCUT2D eigenvalue weighted by atomic mass is 10.3. The van der Waals surface area contributed by atoms with Gasteiger partial charge in [0.1, 0.15) is 6.07 Å². The van der Waals surface area contributed by atoms with Crippen LogP contribution in [0.3, 0.4) is 0 Å². The number of hydrogen-bond donors (Lipinski definition) is 1. The van der Waals surface area contributed by atoms with Gasteiger partial charge in [-0.25, -0.2) is 15.0 Å². The zero-order valence-corrected chi connectivity index (χ0v) is 11.1. The fraction of sp³-hybridized carbons (Fsp3) is 0.231. The first-order valence-corrected chi connectivity index (χ1v) is 6.87. The Hall–Kier alpha value is -2.13. The molecule has 0 aliphatic heterocycles. The lowest BCUT2D eigenvalue weighted by molar-refractivity contribution is 0.959. The standard InChI is InChI=1S/C13H13N5S/c14-9-11-3-4-12(18-10-11)19-8-2-7-17-13-15-5-1-6-16-13/h1,3-6,10H,2,7-8H2,(H,15,16,17). The Labute approximate surface area is 116 Å². The van der Waals surface area contributed by atoms with Crippen LogP contribution in [0.4, 0.5) is 5.95 Å². The van der Waals surface area contributed by atoms with E-state index in [1.54, 1.807) is 42.5 Å².